The molecule has 0 atom stereocenters. The number of nitrogens with two attached hydrogens (primary N) is 1. The van der Waals surface area contributed by atoms with Crippen LogP contribution in [0.1, 0.15) is 10.4 Å². The third kappa shape index (κ3) is 3.27. The van der Waals surface area contributed by atoms with E-state index >= 15 is 0 Å². The van der Waals surface area contributed by atoms with E-state index in [2.05, 4.69) is 32.9 Å². The van der Waals surface area contributed by atoms with Crippen molar-refractivity contribution in [1.29, 1.82) is 0 Å². The van der Waals surface area contributed by atoms with Gasteiger partial charge in [0.1, 0.15) is 11.4 Å². The molecular formula is C12H9ClIN3O2. The average Bonchev–Trinajstić information content (AvgIpc) is 2.34. The lowest BCUT2D eigenvalue weighted by Crippen LogP contribution is -2.06. The van der Waals surface area contributed by atoms with Crippen molar-refractivity contribution in [2.24, 2.45) is 0 Å². The first-order chi connectivity index (χ1) is 8.97. The molecule has 0 bridgehead atoms. The van der Waals surface area contributed by atoms with E-state index in [1.807, 2.05) is 6.07 Å². The van der Waals surface area contributed by atoms with E-state index in [1.54, 1.807) is 12.1 Å². The van der Waals surface area contributed by atoms with Crippen LogP contribution < -0.4 is 11.1 Å². The summed E-state index contributed by atoms with van der Waals surface area (Å²) in [5.41, 5.74) is 6.40. The lowest BCUT2D eigenvalue weighted by molar-refractivity contribution is 0.0697. The number of nitrogens with one attached hydrogen (secondary N) is 1. The highest BCUT2D eigenvalue weighted by atomic mass is 127. The quantitative estimate of drug-likeness (QED) is 0.701. The predicted octanol–water partition coefficient (Wildman–Crippen LogP) is 3.36. The molecule has 2 aromatic rings. The van der Waals surface area contributed by atoms with Gasteiger partial charge < -0.3 is 16.2 Å². The Morgan fingerprint density at radius 1 is 1.42 bits per heavy atom. The number of nitrogen functional groups attached to an aromatic ring is 1. The van der Waals surface area contributed by atoms with Gasteiger partial charge in [-0.15, -0.1) is 0 Å². The van der Waals surface area contributed by atoms with Crippen molar-refractivity contribution in [2.75, 3.05) is 11.1 Å². The lowest BCUT2D eigenvalue weighted by Gasteiger charge is -2.10. The number of rotatable bonds is 3. The zero-order valence-electron chi connectivity index (χ0n) is 9.52. The van der Waals surface area contributed by atoms with Crippen molar-refractivity contribution in [1.82, 2.24) is 4.98 Å². The maximum atomic E-state index is 11.1. The van der Waals surface area contributed by atoms with Crippen molar-refractivity contribution in [3.63, 3.8) is 0 Å². The van der Waals surface area contributed by atoms with Gasteiger partial charge in [0.2, 0.25) is 0 Å². The number of carbonyl (C=O) groups is 1. The Labute approximate surface area is 127 Å². The number of hydrogen-bond acceptors (Lipinski definition) is 4. The molecule has 0 saturated carbocycles. The largest absolute Gasteiger partial charge is 0.478 e. The average molecular weight is 390 g/mol. The molecule has 1 aromatic carbocycles. The summed E-state index contributed by atoms with van der Waals surface area (Å²) in [6, 6.07) is 6.72. The van der Waals surface area contributed by atoms with Gasteiger partial charge in [-0.3, -0.25) is 0 Å². The van der Waals surface area contributed by atoms with Crippen molar-refractivity contribution in [3.05, 3.63) is 44.6 Å². The third-order valence-corrected chi connectivity index (χ3v) is 3.31. The van der Waals surface area contributed by atoms with E-state index in [4.69, 9.17) is 22.4 Å². The van der Waals surface area contributed by atoms with Crippen molar-refractivity contribution in [3.8, 4) is 0 Å². The molecule has 0 aliphatic carbocycles. The van der Waals surface area contributed by atoms with Crippen LogP contribution in [0.15, 0.2) is 30.5 Å². The third-order valence-electron chi connectivity index (χ3n) is 2.32. The van der Waals surface area contributed by atoms with E-state index in [0.717, 1.165) is 3.57 Å². The molecule has 0 unspecified atom stereocenters. The van der Waals surface area contributed by atoms with Gasteiger partial charge in [0, 0.05) is 3.57 Å². The Kier molecular flexibility index (Phi) is 4.11. The molecule has 19 heavy (non-hydrogen) atoms. The molecule has 7 heteroatoms. The monoisotopic (exact) mass is 389 g/mol. The van der Waals surface area contributed by atoms with Gasteiger partial charge >= 0.3 is 5.97 Å². The van der Waals surface area contributed by atoms with Gasteiger partial charge in [-0.2, -0.15) is 0 Å². The zero-order chi connectivity index (χ0) is 14.0. The Morgan fingerprint density at radius 3 is 2.79 bits per heavy atom. The molecule has 5 nitrogen and oxygen atoms in total. The highest BCUT2D eigenvalue weighted by Gasteiger charge is 2.13. The van der Waals surface area contributed by atoms with Gasteiger partial charge in [0.25, 0.3) is 0 Å². The van der Waals surface area contributed by atoms with Crippen molar-refractivity contribution in [2.45, 2.75) is 0 Å². The molecule has 0 saturated heterocycles. The summed E-state index contributed by atoms with van der Waals surface area (Å²) in [6.45, 7) is 0. The summed E-state index contributed by atoms with van der Waals surface area (Å²) < 4.78 is 0.983. The Hall–Kier alpha value is -1.54. The van der Waals surface area contributed by atoms with Gasteiger partial charge in [-0.25, -0.2) is 9.78 Å². The molecule has 2 rings (SSSR count). The molecule has 0 aliphatic heterocycles. The van der Waals surface area contributed by atoms with E-state index in [0.29, 0.717) is 10.7 Å². The van der Waals surface area contributed by atoms with Crippen LogP contribution in [-0.4, -0.2) is 16.1 Å². The number of aromatic carboxylic acids is 1. The zero-order valence-corrected chi connectivity index (χ0v) is 12.4. The van der Waals surface area contributed by atoms with Crippen LogP contribution in [0.3, 0.4) is 0 Å². The second-order valence-electron chi connectivity index (χ2n) is 3.72. The number of carboxylic acid groups (broad SMARTS) is 1. The van der Waals surface area contributed by atoms with Crippen LogP contribution in [0.25, 0.3) is 0 Å². The van der Waals surface area contributed by atoms with Gasteiger partial charge in [0.15, 0.2) is 0 Å². The molecular weight excluding hydrogens is 381 g/mol. The van der Waals surface area contributed by atoms with E-state index in [1.165, 1.54) is 12.3 Å². The minimum absolute atomic E-state index is 0.00498. The van der Waals surface area contributed by atoms with E-state index < -0.39 is 5.97 Å². The number of hydrogen-bond donors (Lipinski definition) is 3. The summed E-state index contributed by atoms with van der Waals surface area (Å²) in [5, 5.41) is 12.5. The number of halogens is 2. The number of pyridine rings is 1. The summed E-state index contributed by atoms with van der Waals surface area (Å²) in [4.78, 5) is 15.1. The second kappa shape index (κ2) is 5.62. The molecule has 1 heterocycles. The number of nitrogens with zero attached hydrogens (tertiary/aromatic N) is 1. The summed E-state index contributed by atoms with van der Waals surface area (Å²) in [7, 11) is 0. The fourth-order valence-corrected chi connectivity index (χ4v) is 2.37. The fraction of sp³-hybridized carbons (Fsp3) is 0. The van der Waals surface area contributed by atoms with Crippen LogP contribution in [-0.2, 0) is 0 Å². The normalized spacial score (nSPS) is 10.2. The van der Waals surface area contributed by atoms with Crippen LogP contribution >= 0.6 is 34.2 Å². The van der Waals surface area contributed by atoms with E-state index in [-0.39, 0.29) is 17.1 Å². The van der Waals surface area contributed by atoms with Gasteiger partial charge in [-0.05, 0) is 46.9 Å². The summed E-state index contributed by atoms with van der Waals surface area (Å²) >= 11 is 8.21. The number of benzene rings is 1. The molecule has 0 spiro atoms. The number of anilines is 3. The van der Waals surface area contributed by atoms with Gasteiger partial charge in [0.05, 0.1) is 22.6 Å². The molecule has 0 aliphatic rings. The lowest BCUT2D eigenvalue weighted by atomic mass is 10.2. The molecule has 0 amide bonds. The van der Waals surface area contributed by atoms with Crippen LogP contribution in [0.4, 0.5) is 17.2 Å². The number of carboxylic acids is 1. The minimum atomic E-state index is -1.11. The van der Waals surface area contributed by atoms with E-state index in [9.17, 15) is 4.79 Å². The van der Waals surface area contributed by atoms with Crippen molar-refractivity contribution < 1.29 is 9.90 Å². The van der Waals surface area contributed by atoms with Crippen LogP contribution in [0.5, 0.6) is 0 Å². The fourth-order valence-electron chi connectivity index (χ4n) is 1.46. The smallest absolute Gasteiger partial charge is 0.339 e. The van der Waals surface area contributed by atoms with Crippen LogP contribution in [0.2, 0.25) is 5.02 Å². The number of aromatic nitrogens is 1. The first-order valence-corrected chi connectivity index (χ1v) is 6.64. The Morgan fingerprint density at radius 2 is 2.16 bits per heavy atom. The van der Waals surface area contributed by atoms with Crippen molar-refractivity contribution >= 4 is 57.4 Å². The summed E-state index contributed by atoms with van der Waals surface area (Å²) in [5.74, 6) is -0.909. The SMILES string of the molecule is Nc1cnc(Nc2ccc(I)cc2Cl)c(C(=O)O)c1. The highest BCUT2D eigenvalue weighted by molar-refractivity contribution is 14.1. The highest BCUT2D eigenvalue weighted by Crippen LogP contribution is 2.28. The molecule has 0 radical (unpaired) electrons. The maximum absolute atomic E-state index is 11.1. The second-order valence-corrected chi connectivity index (χ2v) is 5.37. The first-order valence-electron chi connectivity index (χ1n) is 5.18. The van der Waals surface area contributed by atoms with Gasteiger partial charge in [-0.1, -0.05) is 11.6 Å². The molecule has 1 aromatic heterocycles. The maximum Gasteiger partial charge on any atom is 0.339 e. The predicted molar refractivity (Wildman–Crippen MR) is 83.1 cm³/mol. The minimum Gasteiger partial charge on any atom is -0.478 e. The molecule has 98 valence electrons. The first kappa shape index (κ1) is 13.9. The standard InChI is InChI=1S/C12H9ClIN3O2/c13-9-3-6(14)1-2-10(9)17-11-8(12(18)19)4-7(15)5-16-11/h1-5H,15H2,(H,16,17)(H,18,19). The Bertz CT molecular complexity index is 649. The molecule has 0 fully saturated rings. The topological polar surface area (TPSA) is 88.2 Å². The van der Waals surface area contributed by atoms with Crippen LogP contribution in [0, 0.1) is 3.57 Å². The Balaban J connectivity index is 2.40. The molecule has 4 N–H and O–H groups in total. The summed E-state index contributed by atoms with van der Waals surface area (Å²) in [6.07, 6.45) is 1.38.